The second kappa shape index (κ2) is 3.88. The molecule has 0 atom stereocenters. The van der Waals surface area contributed by atoms with Crippen LogP contribution in [0.25, 0.3) is 0 Å². The Bertz CT molecular complexity index is 378. The Balaban J connectivity index is 2.06. The molecule has 1 aromatic heterocycles. The van der Waals surface area contributed by atoms with Crippen LogP contribution in [0.1, 0.15) is 5.69 Å². The van der Waals surface area contributed by atoms with Crippen molar-refractivity contribution >= 4 is 17.8 Å². The standard InChI is InChI=1S/C10H12ClN3/c1-13-4-2-3-10(13)7-14-6-9(11)5-12-8-14/h2-6H,7-8H2,1H3. The van der Waals surface area contributed by atoms with E-state index in [4.69, 9.17) is 11.6 Å². The van der Waals surface area contributed by atoms with Crippen LogP contribution in [0.2, 0.25) is 0 Å². The lowest BCUT2D eigenvalue weighted by molar-refractivity contribution is 0.369. The number of allylic oxidation sites excluding steroid dienone is 1. The first kappa shape index (κ1) is 9.34. The zero-order valence-electron chi connectivity index (χ0n) is 8.02. The molecule has 0 spiro atoms. The van der Waals surface area contributed by atoms with Crippen LogP contribution in [0.3, 0.4) is 0 Å². The van der Waals surface area contributed by atoms with Crippen LogP contribution in [0, 0.1) is 0 Å². The first-order valence-corrected chi connectivity index (χ1v) is 4.85. The Morgan fingerprint density at radius 3 is 3.07 bits per heavy atom. The highest BCUT2D eigenvalue weighted by atomic mass is 35.5. The van der Waals surface area contributed by atoms with Gasteiger partial charge < -0.3 is 9.47 Å². The van der Waals surface area contributed by atoms with Gasteiger partial charge in [-0.25, -0.2) is 0 Å². The van der Waals surface area contributed by atoms with Crippen LogP contribution in [0.15, 0.2) is 34.6 Å². The van der Waals surface area contributed by atoms with Crippen molar-refractivity contribution in [3.8, 4) is 0 Å². The largest absolute Gasteiger partial charge is 0.353 e. The van der Waals surface area contributed by atoms with E-state index < -0.39 is 0 Å². The maximum atomic E-state index is 5.85. The summed E-state index contributed by atoms with van der Waals surface area (Å²) in [4.78, 5) is 6.22. The molecule has 0 bridgehead atoms. The Morgan fingerprint density at radius 1 is 1.57 bits per heavy atom. The number of hydrogen-bond donors (Lipinski definition) is 0. The summed E-state index contributed by atoms with van der Waals surface area (Å²) in [7, 11) is 2.04. The van der Waals surface area contributed by atoms with Crippen LogP contribution < -0.4 is 0 Å². The van der Waals surface area contributed by atoms with Crippen molar-refractivity contribution < 1.29 is 0 Å². The minimum atomic E-state index is 0.682. The van der Waals surface area contributed by atoms with Crippen molar-refractivity contribution in [2.45, 2.75) is 6.54 Å². The van der Waals surface area contributed by atoms with Crippen LogP contribution in [-0.2, 0) is 13.6 Å². The lowest BCUT2D eigenvalue weighted by Crippen LogP contribution is -2.21. The average Bonchev–Trinajstić information content (AvgIpc) is 2.52. The van der Waals surface area contributed by atoms with Gasteiger partial charge in [-0.15, -0.1) is 0 Å². The molecule has 2 heterocycles. The SMILES string of the molecule is Cn1cccc1CN1C=C(Cl)C=NC1. The van der Waals surface area contributed by atoms with Crippen molar-refractivity contribution in [2.75, 3.05) is 6.67 Å². The Kier molecular flexibility index (Phi) is 2.59. The van der Waals surface area contributed by atoms with Crippen molar-refractivity contribution in [3.05, 3.63) is 35.3 Å². The third-order valence-corrected chi connectivity index (χ3v) is 2.40. The molecule has 1 aliphatic rings. The van der Waals surface area contributed by atoms with E-state index in [-0.39, 0.29) is 0 Å². The minimum absolute atomic E-state index is 0.682. The fourth-order valence-corrected chi connectivity index (χ4v) is 1.65. The number of aryl methyl sites for hydroxylation is 1. The highest BCUT2D eigenvalue weighted by Gasteiger charge is 2.06. The molecule has 1 aliphatic heterocycles. The van der Waals surface area contributed by atoms with Gasteiger partial charge in [-0.3, -0.25) is 4.99 Å². The van der Waals surface area contributed by atoms with E-state index in [0.717, 1.165) is 6.54 Å². The zero-order chi connectivity index (χ0) is 9.97. The fourth-order valence-electron chi connectivity index (χ4n) is 1.45. The maximum absolute atomic E-state index is 5.85. The summed E-state index contributed by atoms with van der Waals surface area (Å²) in [6.45, 7) is 1.53. The molecule has 74 valence electrons. The normalized spacial score (nSPS) is 15.9. The Hall–Kier alpha value is -1.22. The van der Waals surface area contributed by atoms with Gasteiger partial charge in [0, 0.05) is 31.4 Å². The zero-order valence-corrected chi connectivity index (χ0v) is 8.78. The number of aromatic nitrogens is 1. The summed E-state index contributed by atoms with van der Waals surface area (Å²) in [6.07, 6.45) is 5.64. The van der Waals surface area contributed by atoms with Crippen LogP contribution in [0.5, 0.6) is 0 Å². The molecule has 0 saturated heterocycles. The van der Waals surface area contributed by atoms with E-state index in [1.165, 1.54) is 5.69 Å². The number of hydrogen-bond acceptors (Lipinski definition) is 2. The molecule has 0 N–H and O–H groups in total. The van der Waals surface area contributed by atoms with Crippen LogP contribution >= 0.6 is 11.6 Å². The monoisotopic (exact) mass is 209 g/mol. The summed E-state index contributed by atoms with van der Waals surface area (Å²) in [5, 5.41) is 0.686. The van der Waals surface area contributed by atoms with Gasteiger partial charge in [0.1, 0.15) is 6.67 Å². The van der Waals surface area contributed by atoms with E-state index in [1.54, 1.807) is 6.21 Å². The Labute approximate surface area is 88.3 Å². The highest BCUT2D eigenvalue weighted by Crippen LogP contribution is 2.11. The number of rotatable bonds is 2. The van der Waals surface area contributed by atoms with Gasteiger partial charge in [-0.1, -0.05) is 11.6 Å². The molecule has 2 rings (SSSR count). The lowest BCUT2D eigenvalue weighted by Gasteiger charge is -2.21. The van der Waals surface area contributed by atoms with Gasteiger partial charge in [0.25, 0.3) is 0 Å². The molecule has 0 unspecified atom stereocenters. The molecule has 0 aliphatic carbocycles. The van der Waals surface area contributed by atoms with Crippen molar-refractivity contribution in [3.63, 3.8) is 0 Å². The second-order valence-corrected chi connectivity index (χ2v) is 3.76. The van der Waals surface area contributed by atoms with Gasteiger partial charge in [0.2, 0.25) is 0 Å². The van der Waals surface area contributed by atoms with Gasteiger partial charge >= 0.3 is 0 Å². The number of aliphatic imine (C=N–C) groups is 1. The topological polar surface area (TPSA) is 20.5 Å². The van der Waals surface area contributed by atoms with Crippen molar-refractivity contribution in [1.29, 1.82) is 0 Å². The van der Waals surface area contributed by atoms with Crippen LogP contribution in [-0.4, -0.2) is 22.4 Å². The molecular formula is C10H12ClN3. The maximum Gasteiger partial charge on any atom is 0.110 e. The number of halogens is 1. The molecule has 0 radical (unpaired) electrons. The van der Waals surface area contributed by atoms with E-state index in [0.29, 0.717) is 11.7 Å². The molecule has 0 fully saturated rings. The van der Waals surface area contributed by atoms with Crippen molar-refractivity contribution in [1.82, 2.24) is 9.47 Å². The third kappa shape index (κ3) is 1.99. The molecule has 1 aromatic rings. The smallest absolute Gasteiger partial charge is 0.110 e. The fraction of sp³-hybridized carbons (Fsp3) is 0.300. The summed E-state index contributed by atoms with van der Waals surface area (Å²) >= 11 is 5.85. The van der Waals surface area contributed by atoms with Crippen molar-refractivity contribution in [2.24, 2.45) is 12.0 Å². The van der Waals surface area contributed by atoms with E-state index in [2.05, 4.69) is 20.5 Å². The predicted molar refractivity (Wildman–Crippen MR) is 58.3 cm³/mol. The minimum Gasteiger partial charge on any atom is -0.353 e. The summed E-state index contributed by atoms with van der Waals surface area (Å²) in [5.41, 5.74) is 1.25. The van der Waals surface area contributed by atoms with E-state index >= 15 is 0 Å². The molecule has 4 heteroatoms. The number of nitrogens with zero attached hydrogens (tertiary/aromatic N) is 3. The van der Waals surface area contributed by atoms with Gasteiger partial charge in [0.15, 0.2) is 0 Å². The molecule has 0 aromatic carbocycles. The first-order valence-electron chi connectivity index (χ1n) is 4.47. The average molecular weight is 210 g/mol. The molecule has 14 heavy (non-hydrogen) atoms. The van der Waals surface area contributed by atoms with Gasteiger partial charge in [-0.2, -0.15) is 0 Å². The van der Waals surface area contributed by atoms with E-state index in [1.807, 2.05) is 25.5 Å². The summed E-state index contributed by atoms with van der Waals surface area (Å²) in [5.74, 6) is 0. The predicted octanol–water partition coefficient (Wildman–Crippen LogP) is 1.95. The lowest BCUT2D eigenvalue weighted by atomic mass is 10.4. The first-order chi connectivity index (χ1) is 6.75. The third-order valence-electron chi connectivity index (χ3n) is 2.20. The molecule has 0 amide bonds. The molecule has 3 nitrogen and oxygen atoms in total. The molecular weight excluding hydrogens is 198 g/mol. The quantitative estimate of drug-likeness (QED) is 0.729. The highest BCUT2D eigenvalue weighted by molar-refractivity contribution is 6.39. The summed E-state index contributed by atoms with van der Waals surface area (Å²) in [6, 6.07) is 4.13. The molecule has 0 saturated carbocycles. The second-order valence-electron chi connectivity index (χ2n) is 3.32. The van der Waals surface area contributed by atoms with Gasteiger partial charge in [-0.05, 0) is 12.1 Å². The summed E-state index contributed by atoms with van der Waals surface area (Å²) < 4.78 is 2.10. The van der Waals surface area contributed by atoms with Gasteiger partial charge in [0.05, 0.1) is 11.6 Å². The van der Waals surface area contributed by atoms with E-state index in [9.17, 15) is 0 Å². The van der Waals surface area contributed by atoms with Crippen LogP contribution in [0.4, 0.5) is 0 Å². The Morgan fingerprint density at radius 2 is 2.43 bits per heavy atom.